The topological polar surface area (TPSA) is 69.2 Å². The van der Waals surface area contributed by atoms with E-state index in [0.717, 1.165) is 0 Å². The van der Waals surface area contributed by atoms with Crippen LogP contribution in [0.4, 0.5) is 5.69 Å². The van der Waals surface area contributed by atoms with E-state index in [4.69, 9.17) is 4.42 Å². The quantitative estimate of drug-likeness (QED) is 0.475. The molecule has 2 aromatic rings. The number of pyridine rings is 1. The van der Waals surface area contributed by atoms with Crippen molar-refractivity contribution in [3.63, 3.8) is 0 Å². The largest absolute Gasteiger partial charge is 0.462 e. The van der Waals surface area contributed by atoms with E-state index in [0.29, 0.717) is 11.1 Å². The van der Waals surface area contributed by atoms with Crippen molar-refractivity contribution in [1.29, 1.82) is 0 Å². The highest BCUT2D eigenvalue weighted by Gasteiger charge is 2.08. The normalized spacial score (nSPS) is 10.3. The van der Waals surface area contributed by atoms with Crippen LogP contribution in [0.2, 0.25) is 0 Å². The van der Waals surface area contributed by atoms with E-state index in [1.54, 1.807) is 6.07 Å². The number of furan rings is 1. The van der Waals surface area contributed by atoms with Crippen LogP contribution in [0.3, 0.4) is 0 Å². The Morgan fingerprint density at radius 3 is 3.17 bits per heavy atom. The van der Waals surface area contributed by atoms with Crippen LogP contribution in [0.5, 0.6) is 0 Å². The minimum atomic E-state index is -0.505. The van der Waals surface area contributed by atoms with Crippen LogP contribution in [0.15, 0.2) is 29.0 Å². The van der Waals surface area contributed by atoms with Gasteiger partial charge in [0.05, 0.1) is 17.3 Å². The zero-order chi connectivity index (χ0) is 8.55. The van der Waals surface area contributed by atoms with Gasteiger partial charge in [-0.15, -0.1) is 0 Å². The number of nitro groups is 1. The molecule has 12 heavy (non-hydrogen) atoms. The van der Waals surface area contributed by atoms with Crippen molar-refractivity contribution in [2.75, 3.05) is 0 Å². The molecule has 0 spiro atoms. The minimum absolute atomic E-state index is 0.0579. The third kappa shape index (κ3) is 0.914. The van der Waals surface area contributed by atoms with Crippen molar-refractivity contribution in [2.24, 2.45) is 0 Å². The molecular formula is C7H4N2O3. The molecule has 0 saturated heterocycles. The van der Waals surface area contributed by atoms with Gasteiger partial charge >= 0.3 is 0 Å². The van der Waals surface area contributed by atoms with Crippen LogP contribution < -0.4 is 0 Å². The molecule has 2 aromatic heterocycles. The van der Waals surface area contributed by atoms with Gasteiger partial charge in [-0.1, -0.05) is 0 Å². The van der Waals surface area contributed by atoms with Crippen LogP contribution in [0.1, 0.15) is 0 Å². The van der Waals surface area contributed by atoms with Crippen molar-refractivity contribution < 1.29 is 9.34 Å². The second-order valence-corrected chi connectivity index (χ2v) is 2.25. The Hall–Kier alpha value is -1.91. The average Bonchev–Trinajstić information content (AvgIpc) is 2.49. The van der Waals surface area contributed by atoms with Crippen molar-refractivity contribution >= 4 is 16.8 Å². The number of hydrogen-bond acceptors (Lipinski definition) is 4. The highest BCUT2D eigenvalue weighted by molar-refractivity contribution is 5.74. The summed E-state index contributed by atoms with van der Waals surface area (Å²) < 4.78 is 4.94. The summed E-state index contributed by atoms with van der Waals surface area (Å²) in [7, 11) is 0. The maximum Gasteiger partial charge on any atom is 0.291 e. The summed E-state index contributed by atoms with van der Waals surface area (Å²) in [6, 6.07) is 3.00. The van der Waals surface area contributed by atoms with E-state index in [2.05, 4.69) is 4.98 Å². The third-order valence-corrected chi connectivity index (χ3v) is 1.50. The fourth-order valence-corrected chi connectivity index (χ4v) is 0.936. The lowest BCUT2D eigenvalue weighted by molar-refractivity contribution is -0.385. The number of rotatable bonds is 1. The SMILES string of the molecule is O=[N+]([O-])c1cnc2ccoc2c1. The molecule has 60 valence electrons. The summed E-state index contributed by atoms with van der Waals surface area (Å²) in [6.07, 6.45) is 2.65. The molecule has 0 bridgehead atoms. The summed E-state index contributed by atoms with van der Waals surface area (Å²) in [5.41, 5.74) is 1.00. The number of hydrogen-bond donors (Lipinski definition) is 0. The standard InChI is InChI=1S/C7H4N2O3/c10-9(11)5-3-7-6(8-4-5)1-2-12-7/h1-4H. The van der Waals surface area contributed by atoms with E-state index in [1.807, 2.05) is 0 Å². The van der Waals surface area contributed by atoms with Crippen LogP contribution in [0, 0.1) is 10.1 Å². The number of aromatic nitrogens is 1. The zero-order valence-electron chi connectivity index (χ0n) is 5.93. The molecule has 2 heterocycles. The van der Waals surface area contributed by atoms with Gasteiger partial charge in [0.2, 0.25) is 0 Å². The molecule has 0 aliphatic rings. The monoisotopic (exact) mass is 164 g/mol. The van der Waals surface area contributed by atoms with Gasteiger partial charge in [-0.05, 0) is 0 Å². The molecule has 5 heteroatoms. The van der Waals surface area contributed by atoms with Crippen molar-refractivity contribution in [1.82, 2.24) is 4.98 Å². The Morgan fingerprint density at radius 1 is 1.58 bits per heavy atom. The minimum Gasteiger partial charge on any atom is -0.462 e. The molecule has 0 aliphatic heterocycles. The fraction of sp³-hybridized carbons (Fsp3) is 0. The molecule has 0 aliphatic carbocycles. The van der Waals surface area contributed by atoms with E-state index >= 15 is 0 Å². The van der Waals surface area contributed by atoms with Crippen LogP contribution in [-0.2, 0) is 0 Å². The fourth-order valence-electron chi connectivity index (χ4n) is 0.936. The Morgan fingerprint density at radius 2 is 2.42 bits per heavy atom. The summed E-state index contributed by atoms with van der Waals surface area (Å²) in [4.78, 5) is 13.6. The van der Waals surface area contributed by atoms with E-state index in [-0.39, 0.29) is 5.69 Å². The van der Waals surface area contributed by atoms with Gasteiger partial charge in [0.25, 0.3) is 5.69 Å². The molecule has 0 aromatic carbocycles. The van der Waals surface area contributed by atoms with E-state index in [9.17, 15) is 10.1 Å². The van der Waals surface area contributed by atoms with Crippen LogP contribution in [0.25, 0.3) is 11.1 Å². The molecule has 5 nitrogen and oxygen atoms in total. The Labute approximate surface area is 66.8 Å². The average molecular weight is 164 g/mol. The number of nitrogens with zero attached hydrogens (tertiary/aromatic N) is 2. The first-order valence-corrected chi connectivity index (χ1v) is 3.25. The maximum absolute atomic E-state index is 10.3. The molecule has 0 saturated carbocycles. The lowest BCUT2D eigenvalue weighted by Crippen LogP contribution is -1.87. The van der Waals surface area contributed by atoms with Gasteiger partial charge in [0, 0.05) is 6.07 Å². The predicted octanol–water partition coefficient (Wildman–Crippen LogP) is 1.74. The van der Waals surface area contributed by atoms with E-state index < -0.39 is 4.92 Å². The Balaban J connectivity index is 2.68. The second-order valence-electron chi connectivity index (χ2n) is 2.25. The van der Waals surface area contributed by atoms with Gasteiger partial charge in [-0.25, -0.2) is 4.98 Å². The summed E-state index contributed by atoms with van der Waals surface area (Å²) >= 11 is 0. The van der Waals surface area contributed by atoms with Crippen LogP contribution >= 0.6 is 0 Å². The molecular weight excluding hydrogens is 160 g/mol. The smallest absolute Gasteiger partial charge is 0.291 e. The summed E-state index contributed by atoms with van der Waals surface area (Å²) in [5.74, 6) is 0. The molecule has 0 amide bonds. The van der Waals surface area contributed by atoms with Crippen molar-refractivity contribution in [2.45, 2.75) is 0 Å². The molecule has 0 atom stereocenters. The lowest BCUT2D eigenvalue weighted by atomic mass is 10.4. The molecule has 0 unspecified atom stereocenters. The highest BCUT2D eigenvalue weighted by atomic mass is 16.6. The molecule has 0 radical (unpaired) electrons. The maximum atomic E-state index is 10.3. The van der Waals surface area contributed by atoms with Gasteiger partial charge < -0.3 is 4.42 Å². The van der Waals surface area contributed by atoms with Gasteiger partial charge in [0.1, 0.15) is 11.7 Å². The predicted molar refractivity (Wildman–Crippen MR) is 40.7 cm³/mol. The van der Waals surface area contributed by atoms with Crippen molar-refractivity contribution in [3.05, 3.63) is 34.7 Å². The second kappa shape index (κ2) is 2.30. The van der Waals surface area contributed by atoms with Gasteiger partial charge in [0.15, 0.2) is 5.58 Å². The van der Waals surface area contributed by atoms with Gasteiger partial charge in [-0.3, -0.25) is 10.1 Å². The molecule has 0 N–H and O–H groups in total. The van der Waals surface area contributed by atoms with Gasteiger partial charge in [-0.2, -0.15) is 0 Å². The van der Waals surface area contributed by atoms with Crippen molar-refractivity contribution in [3.8, 4) is 0 Å². The zero-order valence-corrected chi connectivity index (χ0v) is 5.93. The highest BCUT2D eigenvalue weighted by Crippen LogP contribution is 2.18. The first-order valence-electron chi connectivity index (χ1n) is 3.25. The first-order chi connectivity index (χ1) is 5.77. The lowest BCUT2D eigenvalue weighted by Gasteiger charge is -1.88. The molecule has 0 fully saturated rings. The van der Waals surface area contributed by atoms with E-state index in [1.165, 1.54) is 18.5 Å². The Bertz CT molecular complexity index is 435. The summed E-state index contributed by atoms with van der Waals surface area (Å²) in [5, 5.41) is 10.3. The number of fused-ring (bicyclic) bond motifs is 1. The van der Waals surface area contributed by atoms with Crippen LogP contribution in [-0.4, -0.2) is 9.91 Å². The third-order valence-electron chi connectivity index (χ3n) is 1.50. The summed E-state index contributed by atoms with van der Waals surface area (Å²) in [6.45, 7) is 0. The first kappa shape index (κ1) is 6.78. The molecule has 2 rings (SSSR count). The Kier molecular flexibility index (Phi) is 1.30.